The van der Waals surface area contributed by atoms with Gasteiger partial charge in [-0.15, -0.1) is 0 Å². The quantitative estimate of drug-likeness (QED) is 0.432. The van der Waals surface area contributed by atoms with Crippen molar-refractivity contribution in [2.24, 2.45) is 0 Å². The summed E-state index contributed by atoms with van der Waals surface area (Å²) in [5.41, 5.74) is 3.75. The van der Waals surface area contributed by atoms with Crippen LogP contribution in [0.15, 0.2) is 60.7 Å². The fourth-order valence-corrected chi connectivity index (χ4v) is 5.70. The summed E-state index contributed by atoms with van der Waals surface area (Å²) in [5, 5.41) is 14.4. The van der Waals surface area contributed by atoms with Crippen LogP contribution < -0.4 is 10.6 Å². The molecule has 10 heteroatoms. The van der Waals surface area contributed by atoms with Crippen molar-refractivity contribution in [3.63, 3.8) is 0 Å². The largest absolute Gasteiger partial charge is 0.380 e. The number of rotatable bonds is 7. The Bertz CT molecular complexity index is 1640. The number of piperidine rings is 1. The molecule has 2 fully saturated rings. The topological polar surface area (TPSA) is 123 Å². The molecule has 0 radical (unpaired) electrons. The number of carbonyl (C=O) groups is 4. The summed E-state index contributed by atoms with van der Waals surface area (Å²) in [6.07, 6.45) is 0.127. The smallest absolute Gasteiger partial charge is 0.264 e. The van der Waals surface area contributed by atoms with Crippen LogP contribution in [0.1, 0.15) is 61.7 Å². The van der Waals surface area contributed by atoms with Gasteiger partial charge in [0.1, 0.15) is 11.9 Å². The molecule has 0 aliphatic carbocycles. The van der Waals surface area contributed by atoms with Crippen molar-refractivity contribution in [2.45, 2.75) is 37.9 Å². The second kappa shape index (κ2) is 10.6. The van der Waals surface area contributed by atoms with Gasteiger partial charge in [-0.25, -0.2) is 4.39 Å². The molecule has 2 saturated heterocycles. The Kier molecular flexibility index (Phi) is 6.81. The van der Waals surface area contributed by atoms with E-state index in [0.29, 0.717) is 34.8 Å². The number of hydrogen-bond acceptors (Lipinski definition) is 7. The standard InChI is InChI=1S/C31H26FN5O4/c32-24-12-19(7-8-21(24)15-36-16-22(17-36)20-4-1-3-18(11-20)13-33)14-34-25-6-2-5-23-28(25)31(41)37(30(23)40)26-9-10-27(38)35-29(26)39/h1-8,11-12,22,26,34H,9-10,14-17H2,(H,35,38,39). The van der Waals surface area contributed by atoms with Crippen molar-refractivity contribution in [3.05, 3.63) is 99.9 Å². The lowest BCUT2D eigenvalue weighted by molar-refractivity contribution is -0.136. The highest BCUT2D eigenvalue weighted by Gasteiger charge is 2.45. The third kappa shape index (κ3) is 4.96. The second-order valence-electron chi connectivity index (χ2n) is 10.6. The molecule has 206 valence electrons. The van der Waals surface area contributed by atoms with Crippen LogP contribution in [0.2, 0.25) is 0 Å². The van der Waals surface area contributed by atoms with Gasteiger partial charge in [0.05, 0.1) is 22.8 Å². The van der Waals surface area contributed by atoms with Crippen LogP contribution in [0.4, 0.5) is 10.1 Å². The van der Waals surface area contributed by atoms with E-state index in [4.69, 9.17) is 5.26 Å². The summed E-state index contributed by atoms with van der Waals surface area (Å²) in [6.45, 7) is 2.28. The number of hydrogen-bond donors (Lipinski definition) is 2. The minimum absolute atomic E-state index is 0.0467. The Labute approximate surface area is 235 Å². The van der Waals surface area contributed by atoms with Gasteiger partial charge < -0.3 is 5.32 Å². The number of carbonyl (C=O) groups excluding carboxylic acids is 4. The van der Waals surface area contributed by atoms with Crippen LogP contribution in [-0.4, -0.2) is 52.6 Å². The summed E-state index contributed by atoms with van der Waals surface area (Å²) in [6, 6.07) is 18.6. The lowest BCUT2D eigenvalue weighted by atomic mass is 9.90. The fourth-order valence-electron chi connectivity index (χ4n) is 5.70. The molecule has 0 spiro atoms. The summed E-state index contributed by atoms with van der Waals surface area (Å²) in [4.78, 5) is 53.2. The molecule has 3 heterocycles. The molecule has 3 aliphatic rings. The fraction of sp³-hybridized carbons (Fsp3) is 0.258. The number of imide groups is 2. The molecule has 3 aromatic carbocycles. The maximum absolute atomic E-state index is 15.0. The number of fused-ring (bicyclic) bond motifs is 1. The van der Waals surface area contributed by atoms with Gasteiger partial charge in [-0.1, -0.05) is 30.3 Å². The number of likely N-dealkylation sites (tertiary alicyclic amines) is 1. The van der Waals surface area contributed by atoms with Gasteiger partial charge in [-0.3, -0.25) is 34.3 Å². The van der Waals surface area contributed by atoms with Crippen molar-refractivity contribution in [1.82, 2.24) is 15.1 Å². The molecule has 6 rings (SSSR count). The monoisotopic (exact) mass is 551 g/mol. The number of anilines is 1. The highest BCUT2D eigenvalue weighted by atomic mass is 19.1. The van der Waals surface area contributed by atoms with Gasteiger partial charge in [-0.05, 0) is 47.9 Å². The van der Waals surface area contributed by atoms with Crippen LogP contribution in [0.5, 0.6) is 0 Å². The molecule has 3 aliphatic heterocycles. The molecule has 9 nitrogen and oxygen atoms in total. The SMILES string of the molecule is N#Cc1cccc(C2CN(Cc3ccc(CNc4cccc5c4C(=O)N(C4CCC(=O)NC4=O)C5=O)cc3F)C2)c1. The van der Waals surface area contributed by atoms with E-state index in [2.05, 4.69) is 21.6 Å². The van der Waals surface area contributed by atoms with Crippen LogP contribution >= 0.6 is 0 Å². The summed E-state index contributed by atoms with van der Waals surface area (Å²) in [5.74, 6) is -2.28. The van der Waals surface area contributed by atoms with Crippen LogP contribution in [0, 0.1) is 17.1 Å². The maximum atomic E-state index is 15.0. The van der Waals surface area contributed by atoms with E-state index in [-0.39, 0.29) is 36.3 Å². The minimum atomic E-state index is -1.04. The van der Waals surface area contributed by atoms with Gasteiger partial charge in [0.25, 0.3) is 11.8 Å². The lowest BCUT2D eigenvalue weighted by Gasteiger charge is -2.39. The van der Waals surface area contributed by atoms with Crippen molar-refractivity contribution in [2.75, 3.05) is 18.4 Å². The number of nitrogens with zero attached hydrogens (tertiary/aromatic N) is 3. The Morgan fingerprint density at radius 2 is 1.80 bits per heavy atom. The zero-order chi connectivity index (χ0) is 28.7. The van der Waals surface area contributed by atoms with Gasteiger partial charge in [0.2, 0.25) is 11.8 Å². The molecular formula is C31H26FN5O4. The molecule has 4 amide bonds. The summed E-state index contributed by atoms with van der Waals surface area (Å²) < 4.78 is 15.0. The van der Waals surface area contributed by atoms with Crippen molar-refractivity contribution in [1.29, 1.82) is 5.26 Å². The van der Waals surface area contributed by atoms with E-state index in [1.807, 2.05) is 24.3 Å². The normalized spacial score (nSPS) is 19.0. The number of nitriles is 1. The predicted molar refractivity (Wildman–Crippen MR) is 146 cm³/mol. The molecule has 1 unspecified atom stereocenters. The predicted octanol–water partition coefficient (Wildman–Crippen LogP) is 3.31. The lowest BCUT2D eigenvalue weighted by Crippen LogP contribution is -2.54. The van der Waals surface area contributed by atoms with Gasteiger partial charge >= 0.3 is 0 Å². The molecular weight excluding hydrogens is 525 g/mol. The minimum Gasteiger partial charge on any atom is -0.380 e. The Hall–Kier alpha value is -4.88. The average molecular weight is 552 g/mol. The molecule has 3 aromatic rings. The van der Waals surface area contributed by atoms with Crippen LogP contribution in [-0.2, 0) is 22.7 Å². The maximum Gasteiger partial charge on any atom is 0.264 e. The first-order valence-corrected chi connectivity index (χ1v) is 13.4. The Balaban J connectivity index is 1.09. The first kappa shape index (κ1) is 26.3. The van der Waals surface area contributed by atoms with E-state index < -0.39 is 29.7 Å². The number of amides is 4. The molecule has 41 heavy (non-hydrogen) atoms. The Morgan fingerprint density at radius 1 is 1.00 bits per heavy atom. The Morgan fingerprint density at radius 3 is 2.56 bits per heavy atom. The first-order chi connectivity index (χ1) is 19.8. The van der Waals surface area contributed by atoms with E-state index in [1.54, 1.807) is 24.3 Å². The first-order valence-electron chi connectivity index (χ1n) is 13.4. The van der Waals surface area contributed by atoms with E-state index in [9.17, 15) is 19.2 Å². The van der Waals surface area contributed by atoms with Crippen molar-refractivity contribution in [3.8, 4) is 6.07 Å². The number of nitrogens with one attached hydrogen (secondary N) is 2. The van der Waals surface area contributed by atoms with Crippen molar-refractivity contribution < 1.29 is 23.6 Å². The zero-order valence-electron chi connectivity index (χ0n) is 22.0. The average Bonchev–Trinajstić information content (AvgIpc) is 3.20. The highest BCUT2D eigenvalue weighted by Crippen LogP contribution is 2.33. The van der Waals surface area contributed by atoms with Crippen molar-refractivity contribution >= 4 is 29.3 Å². The molecule has 0 aromatic heterocycles. The molecule has 0 bridgehead atoms. The molecule has 0 saturated carbocycles. The third-order valence-corrected chi connectivity index (χ3v) is 7.91. The van der Waals surface area contributed by atoms with Gasteiger partial charge in [-0.2, -0.15) is 5.26 Å². The summed E-state index contributed by atoms with van der Waals surface area (Å²) >= 11 is 0. The second-order valence-corrected chi connectivity index (χ2v) is 10.6. The van der Waals surface area contributed by atoms with Crippen LogP contribution in [0.25, 0.3) is 0 Å². The number of halogens is 1. The number of benzene rings is 3. The summed E-state index contributed by atoms with van der Waals surface area (Å²) in [7, 11) is 0. The third-order valence-electron chi connectivity index (χ3n) is 7.91. The molecule has 2 N–H and O–H groups in total. The van der Waals surface area contributed by atoms with E-state index in [0.717, 1.165) is 23.6 Å². The highest BCUT2D eigenvalue weighted by molar-refractivity contribution is 6.25. The van der Waals surface area contributed by atoms with Gasteiger partial charge in [0, 0.05) is 49.8 Å². The zero-order valence-corrected chi connectivity index (χ0v) is 22.0. The van der Waals surface area contributed by atoms with Crippen LogP contribution in [0.3, 0.4) is 0 Å². The van der Waals surface area contributed by atoms with Gasteiger partial charge in [0.15, 0.2) is 0 Å². The molecule has 1 atom stereocenters. The van der Waals surface area contributed by atoms with E-state index in [1.165, 1.54) is 12.1 Å². The van der Waals surface area contributed by atoms with E-state index >= 15 is 4.39 Å².